The van der Waals surface area contributed by atoms with Crippen LogP contribution >= 0.6 is 0 Å². The average Bonchev–Trinajstić information content (AvgIpc) is 3.30. The Kier molecular flexibility index (Phi) is 7.12. The lowest BCUT2D eigenvalue weighted by molar-refractivity contribution is -0.221. The summed E-state index contributed by atoms with van der Waals surface area (Å²) in [6.07, 6.45) is 14.2. The number of aliphatic carboxylic acids is 1. The summed E-state index contributed by atoms with van der Waals surface area (Å²) < 4.78 is 6.44. The van der Waals surface area contributed by atoms with Gasteiger partial charge in [0, 0.05) is 55.0 Å². The van der Waals surface area contributed by atoms with Gasteiger partial charge in [-0.25, -0.2) is 4.79 Å². The highest BCUT2D eigenvalue weighted by atomic mass is 16.5. The Hall–Kier alpha value is -1.94. The van der Waals surface area contributed by atoms with E-state index in [9.17, 15) is 20.1 Å². The van der Waals surface area contributed by atoms with E-state index in [1.807, 2.05) is 0 Å². The van der Waals surface area contributed by atoms with Crippen LogP contribution < -0.4 is 11.1 Å². The molecule has 222 valence electrons. The van der Waals surface area contributed by atoms with Gasteiger partial charge in [-0.05, 0) is 62.4 Å². The Morgan fingerprint density at radius 2 is 2.00 bits per heavy atom. The summed E-state index contributed by atoms with van der Waals surface area (Å²) in [6, 6.07) is 0. The fourth-order valence-corrected chi connectivity index (χ4v) is 11.0. The van der Waals surface area contributed by atoms with E-state index < -0.39 is 17.0 Å². The van der Waals surface area contributed by atoms with Crippen molar-refractivity contribution >= 4 is 11.9 Å². The molecule has 0 saturated heterocycles. The van der Waals surface area contributed by atoms with E-state index in [0.717, 1.165) is 56.9 Å². The summed E-state index contributed by atoms with van der Waals surface area (Å²) in [6.45, 7) is 4.26. The standard InChI is InChI=1S/C31H48N4O5/c1-20-8-9-21-16-23-25(26(37)38)29(39,19-40-22-6-4-3-5-7-22)24-10-11-28(17-34-13-15-36)12-14-35(27(32)33-2)18-30(21,28)31(20,23)24/h12,14,20-22,24,34,36,39H,3-11,13,15-19H2,1-2H3,(H2,32,33)(H,37,38)/t20-,21-,24-,28+,29-,30-,31+/m1/s1. The summed E-state index contributed by atoms with van der Waals surface area (Å²) in [7, 11) is 1.70. The topological polar surface area (TPSA) is 141 Å². The fraction of sp³-hybridized carbons (Fsp3) is 0.806. The van der Waals surface area contributed by atoms with E-state index in [1.54, 1.807) is 7.05 Å². The number of guanidine groups is 1. The normalized spacial score (nSPS) is 42.8. The molecule has 2 spiro atoms. The van der Waals surface area contributed by atoms with Crippen LogP contribution in [-0.2, 0) is 9.53 Å². The Bertz CT molecular complexity index is 1120. The molecule has 4 fully saturated rings. The first-order valence-electron chi connectivity index (χ1n) is 15.5. The van der Waals surface area contributed by atoms with Crippen LogP contribution in [0.15, 0.2) is 28.4 Å². The Labute approximate surface area is 237 Å². The third kappa shape index (κ3) is 3.53. The van der Waals surface area contributed by atoms with Crippen LogP contribution in [0, 0.1) is 34.0 Å². The van der Waals surface area contributed by atoms with Crippen molar-refractivity contribution < 1.29 is 24.9 Å². The van der Waals surface area contributed by atoms with Crippen LogP contribution in [0.3, 0.4) is 0 Å². The molecular weight excluding hydrogens is 508 g/mol. The van der Waals surface area contributed by atoms with Gasteiger partial charge in [0.2, 0.25) is 0 Å². The smallest absolute Gasteiger partial charge is 0.334 e. The van der Waals surface area contributed by atoms with Crippen LogP contribution in [0.5, 0.6) is 0 Å². The molecule has 6 aliphatic rings. The van der Waals surface area contributed by atoms with Crippen LogP contribution in [0.2, 0.25) is 0 Å². The van der Waals surface area contributed by atoms with E-state index in [1.165, 1.54) is 6.42 Å². The van der Waals surface area contributed by atoms with E-state index in [2.05, 4.69) is 34.4 Å². The number of nitrogens with one attached hydrogen (secondary N) is 1. The first-order chi connectivity index (χ1) is 19.2. The Balaban J connectivity index is 1.52. The predicted octanol–water partition coefficient (Wildman–Crippen LogP) is 2.64. The van der Waals surface area contributed by atoms with Gasteiger partial charge < -0.3 is 36.0 Å². The van der Waals surface area contributed by atoms with Gasteiger partial charge in [0.25, 0.3) is 0 Å². The number of hydrogen-bond donors (Lipinski definition) is 5. The van der Waals surface area contributed by atoms with E-state index in [-0.39, 0.29) is 53.5 Å². The van der Waals surface area contributed by atoms with Gasteiger partial charge in [-0.1, -0.05) is 32.3 Å². The van der Waals surface area contributed by atoms with Gasteiger partial charge in [0.05, 0.1) is 24.9 Å². The van der Waals surface area contributed by atoms with Crippen molar-refractivity contribution in [2.45, 2.75) is 82.8 Å². The molecular formula is C31H48N4O5. The van der Waals surface area contributed by atoms with Crippen molar-refractivity contribution in [2.75, 3.05) is 39.9 Å². The van der Waals surface area contributed by atoms with E-state index in [4.69, 9.17) is 10.5 Å². The third-order valence-corrected chi connectivity index (χ3v) is 12.3. The van der Waals surface area contributed by atoms with Gasteiger partial charge in [-0.2, -0.15) is 0 Å². The number of ether oxygens (including phenoxy) is 1. The number of carboxylic acid groups (broad SMARTS) is 1. The van der Waals surface area contributed by atoms with E-state index >= 15 is 0 Å². The highest BCUT2D eigenvalue weighted by Gasteiger charge is 2.83. The largest absolute Gasteiger partial charge is 0.478 e. The molecule has 6 N–H and O–H groups in total. The number of aliphatic imine (C=N–C) groups is 1. The number of aliphatic hydroxyl groups is 2. The highest BCUT2D eigenvalue weighted by Crippen LogP contribution is 2.84. The molecule has 7 atom stereocenters. The second-order valence-corrected chi connectivity index (χ2v) is 13.5. The van der Waals surface area contributed by atoms with Crippen molar-refractivity contribution in [3.63, 3.8) is 0 Å². The molecule has 9 nitrogen and oxygen atoms in total. The number of allylic oxidation sites excluding steroid dienone is 1. The van der Waals surface area contributed by atoms with Crippen LogP contribution in [0.1, 0.15) is 71.1 Å². The number of hydrogen-bond acceptors (Lipinski definition) is 6. The summed E-state index contributed by atoms with van der Waals surface area (Å²) in [4.78, 5) is 19.6. The SMILES string of the molecule is CN=C(N)N1C=C[C@]2(CNCCO)CC[C@H]3[C@@]45C(=C(C(=O)O)[C@@]3(O)COC3CCCCC3)C[C@@H](CC[C@H]4C)[C@]25C1. The summed E-state index contributed by atoms with van der Waals surface area (Å²) >= 11 is 0. The monoisotopic (exact) mass is 556 g/mol. The minimum Gasteiger partial charge on any atom is -0.478 e. The zero-order valence-corrected chi connectivity index (χ0v) is 24.2. The second-order valence-electron chi connectivity index (χ2n) is 13.5. The lowest BCUT2D eigenvalue weighted by Gasteiger charge is -2.70. The molecule has 9 heteroatoms. The number of carbonyl (C=O) groups is 1. The number of nitrogens with zero attached hydrogens (tertiary/aromatic N) is 2. The molecule has 0 unspecified atom stereocenters. The van der Waals surface area contributed by atoms with Crippen LogP contribution in [-0.4, -0.2) is 83.7 Å². The lowest BCUT2D eigenvalue weighted by atomic mass is 9.35. The molecule has 4 saturated carbocycles. The third-order valence-electron chi connectivity index (χ3n) is 12.3. The van der Waals surface area contributed by atoms with Crippen molar-refractivity contribution in [1.29, 1.82) is 0 Å². The van der Waals surface area contributed by atoms with Gasteiger partial charge >= 0.3 is 5.97 Å². The van der Waals surface area contributed by atoms with Gasteiger partial charge in [0.15, 0.2) is 5.96 Å². The molecule has 2 bridgehead atoms. The first kappa shape index (κ1) is 28.2. The van der Waals surface area contributed by atoms with Crippen molar-refractivity contribution in [2.24, 2.45) is 44.7 Å². The maximum absolute atomic E-state index is 13.2. The molecule has 0 amide bonds. The fourth-order valence-electron chi connectivity index (χ4n) is 11.0. The lowest BCUT2D eigenvalue weighted by Crippen LogP contribution is -2.72. The molecule has 40 heavy (non-hydrogen) atoms. The average molecular weight is 557 g/mol. The zero-order chi connectivity index (χ0) is 28.3. The Morgan fingerprint density at radius 3 is 2.70 bits per heavy atom. The quantitative estimate of drug-likeness (QED) is 0.175. The summed E-state index contributed by atoms with van der Waals surface area (Å²) in [5.74, 6) is -0.298. The first-order valence-corrected chi connectivity index (χ1v) is 15.5. The molecule has 0 aromatic heterocycles. The van der Waals surface area contributed by atoms with E-state index in [0.29, 0.717) is 32.0 Å². The Morgan fingerprint density at radius 1 is 1.23 bits per heavy atom. The van der Waals surface area contributed by atoms with Crippen LogP contribution in [0.25, 0.3) is 0 Å². The maximum atomic E-state index is 13.2. The number of rotatable bonds is 8. The van der Waals surface area contributed by atoms with Gasteiger partial charge in [0.1, 0.15) is 5.60 Å². The molecule has 0 aromatic rings. The number of aliphatic hydroxyl groups excluding tert-OH is 1. The van der Waals surface area contributed by atoms with Crippen molar-refractivity contribution in [3.8, 4) is 0 Å². The van der Waals surface area contributed by atoms with Crippen molar-refractivity contribution in [3.05, 3.63) is 23.4 Å². The molecule has 0 aromatic carbocycles. The summed E-state index contributed by atoms with van der Waals surface area (Å²) in [5, 5.41) is 36.6. The molecule has 1 heterocycles. The molecule has 6 rings (SSSR count). The molecule has 5 aliphatic carbocycles. The molecule has 1 aliphatic heterocycles. The number of carboxylic acids is 1. The minimum absolute atomic E-state index is 0.0521. The maximum Gasteiger partial charge on any atom is 0.334 e. The molecule has 0 radical (unpaired) electrons. The van der Waals surface area contributed by atoms with Gasteiger partial charge in [-0.15, -0.1) is 0 Å². The van der Waals surface area contributed by atoms with Gasteiger partial charge in [-0.3, -0.25) is 4.99 Å². The zero-order valence-electron chi connectivity index (χ0n) is 24.2. The summed E-state index contributed by atoms with van der Waals surface area (Å²) in [5.41, 5.74) is 5.04. The second kappa shape index (κ2) is 10.1. The minimum atomic E-state index is -1.52. The van der Waals surface area contributed by atoms with Crippen LogP contribution in [0.4, 0.5) is 0 Å². The number of nitrogens with two attached hydrogens (primary N) is 1. The highest BCUT2D eigenvalue weighted by molar-refractivity contribution is 5.92. The van der Waals surface area contributed by atoms with Crippen molar-refractivity contribution in [1.82, 2.24) is 10.2 Å². The predicted molar refractivity (Wildman–Crippen MR) is 152 cm³/mol.